The summed E-state index contributed by atoms with van der Waals surface area (Å²) in [4.78, 5) is 29.0. The van der Waals surface area contributed by atoms with Gasteiger partial charge < -0.3 is 9.84 Å². The van der Waals surface area contributed by atoms with E-state index in [1.807, 2.05) is 12.1 Å². The maximum Gasteiger partial charge on any atom is 0.283 e. The summed E-state index contributed by atoms with van der Waals surface area (Å²) in [6, 6.07) is 8.82. The second-order valence-corrected chi connectivity index (χ2v) is 6.53. The predicted molar refractivity (Wildman–Crippen MR) is 100 cm³/mol. The molecule has 3 heterocycles. The lowest BCUT2D eigenvalue weighted by Crippen LogP contribution is -2.28. The van der Waals surface area contributed by atoms with Crippen molar-refractivity contribution in [3.05, 3.63) is 63.4 Å². The smallest absolute Gasteiger partial charge is 0.283 e. The molecule has 0 unspecified atom stereocenters. The molecule has 1 N–H and O–H groups in total. The van der Waals surface area contributed by atoms with Gasteiger partial charge in [0.05, 0.1) is 6.54 Å². The van der Waals surface area contributed by atoms with Crippen molar-refractivity contribution in [2.45, 2.75) is 20.0 Å². The molecule has 11 heteroatoms. The van der Waals surface area contributed by atoms with Gasteiger partial charge in [-0.1, -0.05) is 34.1 Å². The third-order valence-electron chi connectivity index (χ3n) is 3.95. The number of benzene rings is 1. The molecule has 4 rings (SSSR count). The molecule has 0 aliphatic heterocycles. The molecule has 0 saturated carbocycles. The van der Waals surface area contributed by atoms with Crippen LogP contribution in [-0.2, 0) is 17.9 Å². The van der Waals surface area contributed by atoms with Crippen LogP contribution in [0.1, 0.15) is 11.3 Å². The number of fused-ring (bicyclic) bond motifs is 1. The number of carbonyl (C=O) groups excluding carboxylic acids is 1. The lowest BCUT2D eigenvalue weighted by molar-refractivity contribution is -0.116. The third-order valence-corrected chi connectivity index (χ3v) is 4.20. The maximum absolute atomic E-state index is 12.6. The van der Waals surface area contributed by atoms with Gasteiger partial charge in [-0.3, -0.25) is 14.2 Å². The third kappa shape index (κ3) is 3.62. The zero-order valence-corrected chi connectivity index (χ0v) is 15.4. The number of aromatic nitrogens is 6. The van der Waals surface area contributed by atoms with Crippen molar-refractivity contribution >= 4 is 34.5 Å². The summed E-state index contributed by atoms with van der Waals surface area (Å²) in [5.74, 6) is 0.399. The number of hydrogen-bond donors (Lipinski definition) is 1. The first-order valence-electron chi connectivity index (χ1n) is 8.26. The van der Waals surface area contributed by atoms with Crippen LogP contribution < -0.4 is 10.9 Å². The Labute approximate surface area is 162 Å². The Bertz CT molecular complexity index is 1210. The minimum Gasteiger partial charge on any atom is -0.360 e. The second-order valence-electron chi connectivity index (χ2n) is 6.09. The Balaban J connectivity index is 1.55. The summed E-state index contributed by atoms with van der Waals surface area (Å²) in [7, 11) is 0. The topological polar surface area (TPSA) is 121 Å². The van der Waals surface area contributed by atoms with Crippen LogP contribution in [-0.4, -0.2) is 35.6 Å². The van der Waals surface area contributed by atoms with Gasteiger partial charge in [-0.2, -0.15) is 0 Å². The summed E-state index contributed by atoms with van der Waals surface area (Å²) < 4.78 is 7.56. The van der Waals surface area contributed by atoms with Crippen LogP contribution in [0, 0.1) is 6.92 Å². The fourth-order valence-electron chi connectivity index (χ4n) is 2.63. The molecule has 0 aliphatic carbocycles. The first-order chi connectivity index (χ1) is 13.5. The Morgan fingerprint density at radius 2 is 2.07 bits per heavy atom. The van der Waals surface area contributed by atoms with Gasteiger partial charge in [-0.25, -0.2) is 9.67 Å². The predicted octanol–water partition coefficient (Wildman–Crippen LogP) is 1.62. The van der Waals surface area contributed by atoms with Crippen molar-refractivity contribution in [1.82, 2.24) is 29.7 Å². The molecule has 1 aromatic carbocycles. The van der Waals surface area contributed by atoms with Crippen molar-refractivity contribution in [1.29, 1.82) is 0 Å². The minimum absolute atomic E-state index is 0.0848. The highest BCUT2D eigenvalue weighted by Crippen LogP contribution is 2.12. The first kappa shape index (κ1) is 17.9. The van der Waals surface area contributed by atoms with Crippen LogP contribution >= 0.6 is 11.6 Å². The van der Waals surface area contributed by atoms with Crippen LogP contribution in [0.15, 0.2) is 46.0 Å². The maximum atomic E-state index is 12.6. The van der Waals surface area contributed by atoms with Gasteiger partial charge in [-0.15, -0.1) is 5.10 Å². The van der Waals surface area contributed by atoms with E-state index in [4.69, 9.17) is 16.1 Å². The summed E-state index contributed by atoms with van der Waals surface area (Å²) >= 11 is 5.89. The minimum atomic E-state index is -0.459. The van der Waals surface area contributed by atoms with Gasteiger partial charge in [-0.05, 0) is 24.6 Å². The van der Waals surface area contributed by atoms with E-state index < -0.39 is 11.5 Å². The SMILES string of the molecule is Cc1cc(NC(=O)Cn2cnc3c(nnn3Cc3ccc(Cl)cc3)c2=O)no1. The number of aryl methyl sites for hydroxylation is 1. The molecule has 0 atom stereocenters. The summed E-state index contributed by atoms with van der Waals surface area (Å²) in [6.45, 7) is 1.85. The molecule has 0 bridgehead atoms. The molecule has 1 amide bonds. The summed E-state index contributed by atoms with van der Waals surface area (Å²) in [5.41, 5.74) is 0.897. The highest BCUT2D eigenvalue weighted by atomic mass is 35.5. The van der Waals surface area contributed by atoms with E-state index in [-0.39, 0.29) is 17.9 Å². The number of rotatable bonds is 5. The van der Waals surface area contributed by atoms with E-state index in [1.54, 1.807) is 25.1 Å². The molecule has 28 heavy (non-hydrogen) atoms. The number of amides is 1. The van der Waals surface area contributed by atoms with Crippen molar-refractivity contribution in [2.24, 2.45) is 0 Å². The molecule has 0 radical (unpaired) electrons. The van der Waals surface area contributed by atoms with Crippen LogP contribution in [0.4, 0.5) is 5.82 Å². The Morgan fingerprint density at radius 3 is 2.79 bits per heavy atom. The number of anilines is 1. The van der Waals surface area contributed by atoms with Crippen LogP contribution in [0.3, 0.4) is 0 Å². The van der Waals surface area contributed by atoms with Gasteiger partial charge >= 0.3 is 0 Å². The molecule has 0 spiro atoms. The lowest BCUT2D eigenvalue weighted by atomic mass is 10.2. The highest BCUT2D eigenvalue weighted by Gasteiger charge is 2.15. The van der Waals surface area contributed by atoms with Crippen LogP contribution in [0.5, 0.6) is 0 Å². The van der Waals surface area contributed by atoms with E-state index in [1.165, 1.54) is 11.0 Å². The summed E-state index contributed by atoms with van der Waals surface area (Å²) in [5, 5.41) is 14.8. The Kier molecular flexibility index (Phi) is 4.62. The van der Waals surface area contributed by atoms with Gasteiger partial charge in [0.2, 0.25) is 5.91 Å². The molecule has 10 nitrogen and oxygen atoms in total. The number of hydrogen-bond acceptors (Lipinski definition) is 7. The van der Waals surface area contributed by atoms with E-state index >= 15 is 0 Å². The molecule has 0 fully saturated rings. The van der Waals surface area contributed by atoms with Gasteiger partial charge in [0.15, 0.2) is 17.0 Å². The van der Waals surface area contributed by atoms with E-state index in [9.17, 15) is 9.59 Å². The monoisotopic (exact) mass is 399 g/mol. The zero-order chi connectivity index (χ0) is 19.7. The van der Waals surface area contributed by atoms with Crippen LogP contribution in [0.2, 0.25) is 5.02 Å². The normalized spacial score (nSPS) is 11.1. The number of nitrogens with zero attached hydrogens (tertiary/aromatic N) is 6. The molecule has 142 valence electrons. The number of nitrogens with one attached hydrogen (secondary N) is 1. The molecular formula is C17H14ClN7O3. The fourth-order valence-corrected chi connectivity index (χ4v) is 2.76. The average molecular weight is 400 g/mol. The molecule has 3 aromatic heterocycles. The van der Waals surface area contributed by atoms with Gasteiger partial charge in [0.25, 0.3) is 5.56 Å². The van der Waals surface area contributed by atoms with E-state index in [0.717, 1.165) is 10.1 Å². The van der Waals surface area contributed by atoms with Crippen molar-refractivity contribution in [3.63, 3.8) is 0 Å². The van der Waals surface area contributed by atoms with Gasteiger partial charge in [0.1, 0.15) is 18.6 Å². The van der Waals surface area contributed by atoms with Crippen molar-refractivity contribution < 1.29 is 9.32 Å². The average Bonchev–Trinajstić information content (AvgIpc) is 3.26. The molecule has 0 saturated heterocycles. The summed E-state index contributed by atoms with van der Waals surface area (Å²) in [6.07, 6.45) is 1.29. The second kappa shape index (κ2) is 7.24. The Morgan fingerprint density at radius 1 is 1.29 bits per heavy atom. The fraction of sp³-hybridized carbons (Fsp3) is 0.176. The molecule has 0 aliphatic rings. The standard InChI is InChI=1S/C17H14ClN7O3/c1-10-6-13(22-28-10)20-14(26)8-24-9-19-16-15(17(24)27)21-23-25(16)7-11-2-4-12(18)5-3-11/h2-6,9H,7-8H2,1H3,(H,20,22,26). The van der Waals surface area contributed by atoms with Gasteiger partial charge in [0, 0.05) is 11.1 Å². The highest BCUT2D eigenvalue weighted by molar-refractivity contribution is 6.30. The van der Waals surface area contributed by atoms with E-state index in [2.05, 4.69) is 25.8 Å². The quantitative estimate of drug-likeness (QED) is 0.541. The lowest BCUT2D eigenvalue weighted by Gasteiger charge is -2.05. The Hall–Kier alpha value is -3.53. The van der Waals surface area contributed by atoms with Crippen molar-refractivity contribution in [2.75, 3.05) is 5.32 Å². The zero-order valence-electron chi connectivity index (χ0n) is 14.7. The molecule has 4 aromatic rings. The number of halogens is 1. The van der Waals surface area contributed by atoms with E-state index in [0.29, 0.717) is 23.0 Å². The molecular weight excluding hydrogens is 386 g/mol. The van der Waals surface area contributed by atoms with Crippen LogP contribution in [0.25, 0.3) is 11.2 Å². The van der Waals surface area contributed by atoms with Crippen molar-refractivity contribution in [3.8, 4) is 0 Å². The number of carbonyl (C=O) groups is 1. The largest absolute Gasteiger partial charge is 0.360 e. The first-order valence-corrected chi connectivity index (χ1v) is 8.63.